The van der Waals surface area contributed by atoms with E-state index in [1.54, 1.807) is 32.9 Å². The lowest BCUT2D eigenvalue weighted by Crippen LogP contribution is -2.03. The molecule has 0 fully saturated rings. The molecular formula is C18H15F2NO2S. The highest BCUT2D eigenvalue weighted by molar-refractivity contribution is 7.17. The van der Waals surface area contributed by atoms with Crippen molar-refractivity contribution in [3.63, 3.8) is 0 Å². The Morgan fingerprint density at radius 2 is 1.96 bits per heavy atom. The number of nitrogens with zero attached hydrogens (tertiary/aromatic N) is 1. The Labute approximate surface area is 141 Å². The summed E-state index contributed by atoms with van der Waals surface area (Å²) in [5.41, 5.74) is 1.98. The first-order chi connectivity index (χ1) is 11.4. The molecule has 0 aliphatic rings. The third kappa shape index (κ3) is 2.89. The summed E-state index contributed by atoms with van der Waals surface area (Å²) >= 11 is 1.21. The molecule has 0 spiro atoms. The number of hydrogen-bond acceptors (Lipinski definition) is 4. The first kappa shape index (κ1) is 16.5. The van der Waals surface area contributed by atoms with E-state index >= 15 is 0 Å². The Bertz CT molecular complexity index is 950. The van der Waals surface area contributed by atoms with Gasteiger partial charge in [-0.1, -0.05) is 0 Å². The topological polar surface area (TPSA) is 39.2 Å². The van der Waals surface area contributed by atoms with E-state index < -0.39 is 17.6 Å². The maximum absolute atomic E-state index is 14.0. The predicted octanol–water partition coefficient (Wildman–Crippen LogP) is 5.04. The number of esters is 1. The summed E-state index contributed by atoms with van der Waals surface area (Å²) in [5.74, 6) is -1.62. The molecule has 0 bridgehead atoms. The highest BCUT2D eigenvalue weighted by atomic mass is 32.1. The number of rotatable bonds is 3. The average molecular weight is 347 g/mol. The van der Waals surface area contributed by atoms with Crippen LogP contribution in [0.4, 0.5) is 8.78 Å². The highest BCUT2D eigenvalue weighted by Crippen LogP contribution is 2.33. The Hall–Kier alpha value is -2.34. The molecule has 0 saturated heterocycles. The van der Waals surface area contributed by atoms with Gasteiger partial charge in [-0.05, 0) is 49.9 Å². The molecule has 0 N–H and O–H groups in total. The van der Waals surface area contributed by atoms with Crippen molar-refractivity contribution < 1.29 is 18.3 Å². The van der Waals surface area contributed by atoms with E-state index in [1.807, 2.05) is 0 Å². The third-order valence-corrected chi connectivity index (χ3v) is 4.85. The molecule has 3 rings (SSSR count). The van der Waals surface area contributed by atoms with Crippen molar-refractivity contribution in [3.8, 4) is 10.6 Å². The van der Waals surface area contributed by atoms with E-state index in [9.17, 15) is 13.6 Å². The van der Waals surface area contributed by atoms with Crippen LogP contribution in [-0.2, 0) is 4.74 Å². The summed E-state index contributed by atoms with van der Waals surface area (Å²) < 4.78 is 32.5. The van der Waals surface area contributed by atoms with Gasteiger partial charge in [-0.15, -0.1) is 11.3 Å². The van der Waals surface area contributed by atoms with E-state index in [-0.39, 0.29) is 0 Å². The van der Waals surface area contributed by atoms with Gasteiger partial charge in [0.2, 0.25) is 0 Å². The molecule has 0 radical (unpaired) electrons. The largest absolute Gasteiger partial charge is 0.462 e. The maximum atomic E-state index is 14.0. The fourth-order valence-electron chi connectivity index (χ4n) is 2.67. The van der Waals surface area contributed by atoms with E-state index in [4.69, 9.17) is 4.74 Å². The molecule has 0 unspecified atom stereocenters. The van der Waals surface area contributed by atoms with Crippen molar-refractivity contribution in [3.05, 3.63) is 52.0 Å². The van der Waals surface area contributed by atoms with Gasteiger partial charge in [0, 0.05) is 17.0 Å². The molecule has 124 valence electrons. The number of thiazole rings is 1. The van der Waals surface area contributed by atoms with Gasteiger partial charge in [0.25, 0.3) is 0 Å². The third-order valence-electron chi connectivity index (χ3n) is 3.67. The second kappa shape index (κ2) is 6.28. The SMILES string of the molecule is CCOC(=O)c1sc(-c2cc(C)c3c(F)cc(F)cc3c2)nc1C. The molecule has 2 aromatic carbocycles. The number of hydrogen-bond donors (Lipinski definition) is 0. The first-order valence-corrected chi connectivity index (χ1v) is 8.26. The lowest BCUT2D eigenvalue weighted by atomic mass is 10.0. The summed E-state index contributed by atoms with van der Waals surface area (Å²) in [6.07, 6.45) is 0. The normalized spacial score (nSPS) is 11.0. The van der Waals surface area contributed by atoms with E-state index in [0.717, 1.165) is 6.07 Å². The van der Waals surface area contributed by atoms with Gasteiger partial charge in [-0.3, -0.25) is 0 Å². The minimum absolute atomic E-state index is 0.291. The van der Waals surface area contributed by atoms with Crippen molar-refractivity contribution in [1.29, 1.82) is 0 Å². The molecule has 3 nitrogen and oxygen atoms in total. The highest BCUT2D eigenvalue weighted by Gasteiger charge is 2.18. The van der Waals surface area contributed by atoms with Crippen molar-refractivity contribution in [1.82, 2.24) is 4.98 Å². The minimum atomic E-state index is -0.626. The number of carbonyl (C=O) groups excluding carboxylic acids is 1. The summed E-state index contributed by atoms with van der Waals surface area (Å²) in [5, 5.41) is 1.47. The smallest absolute Gasteiger partial charge is 0.350 e. The number of halogens is 2. The van der Waals surface area contributed by atoms with Crippen molar-refractivity contribution in [2.45, 2.75) is 20.8 Å². The Kier molecular flexibility index (Phi) is 4.32. The molecule has 1 heterocycles. The minimum Gasteiger partial charge on any atom is -0.462 e. The monoisotopic (exact) mass is 347 g/mol. The lowest BCUT2D eigenvalue weighted by Gasteiger charge is -2.07. The lowest BCUT2D eigenvalue weighted by molar-refractivity contribution is 0.0531. The van der Waals surface area contributed by atoms with Crippen LogP contribution in [0.1, 0.15) is 27.9 Å². The summed E-state index contributed by atoms with van der Waals surface area (Å²) in [6, 6.07) is 5.64. The molecule has 6 heteroatoms. The number of carbonyl (C=O) groups is 1. The standard InChI is InChI=1S/C18H15F2NO2S/c1-4-23-18(22)16-10(3)21-17(24-16)12-5-9(2)15-11(6-12)7-13(19)8-14(15)20/h5-8H,4H2,1-3H3. The number of fused-ring (bicyclic) bond motifs is 1. The zero-order valence-corrected chi connectivity index (χ0v) is 14.3. The quantitative estimate of drug-likeness (QED) is 0.624. The Balaban J connectivity index is 2.14. The van der Waals surface area contributed by atoms with Crippen molar-refractivity contribution in [2.24, 2.45) is 0 Å². The molecule has 0 aliphatic carbocycles. The maximum Gasteiger partial charge on any atom is 0.350 e. The summed E-state index contributed by atoms with van der Waals surface area (Å²) in [6.45, 7) is 5.53. The van der Waals surface area contributed by atoms with Crippen LogP contribution in [0.3, 0.4) is 0 Å². The van der Waals surface area contributed by atoms with E-state index in [2.05, 4.69) is 4.98 Å². The van der Waals surface area contributed by atoms with Gasteiger partial charge in [0.1, 0.15) is 21.5 Å². The second-order valence-corrected chi connectivity index (χ2v) is 6.43. The first-order valence-electron chi connectivity index (χ1n) is 7.45. The van der Waals surface area contributed by atoms with Crippen LogP contribution in [0, 0.1) is 25.5 Å². The van der Waals surface area contributed by atoms with Gasteiger partial charge >= 0.3 is 5.97 Å². The Morgan fingerprint density at radius 3 is 2.67 bits per heavy atom. The van der Waals surface area contributed by atoms with E-state index in [1.165, 1.54) is 17.4 Å². The molecule has 0 amide bonds. The number of aromatic nitrogens is 1. The zero-order valence-electron chi connectivity index (χ0n) is 13.4. The van der Waals surface area contributed by atoms with Crippen LogP contribution < -0.4 is 0 Å². The molecule has 0 aliphatic heterocycles. The van der Waals surface area contributed by atoms with Crippen LogP contribution in [0.2, 0.25) is 0 Å². The van der Waals surface area contributed by atoms with Crippen LogP contribution >= 0.6 is 11.3 Å². The van der Waals surface area contributed by atoms with Crippen LogP contribution in [0.15, 0.2) is 24.3 Å². The summed E-state index contributed by atoms with van der Waals surface area (Å²) in [7, 11) is 0. The average Bonchev–Trinajstić information content (AvgIpc) is 2.88. The predicted molar refractivity (Wildman–Crippen MR) is 90.4 cm³/mol. The van der Waals surface area contributed by atoms with E-state index in [0.29, 0.717) is 44.1 Å². The van der Waals surface area contributed by atoms with Gasteiger partial charge in [-0.2, -0.15) is 0 Å². The number of ether oxygens (including phenoxy) is 1. The molecule has 24 heavy (non-hydrogen) atoms. The fraction of sp³-hybridized carbons (Fsp3) is 0.222. The zero-order chi connectivity index (χ0) is 17.4. The molecular weight excluding hydrogens is 332 g/mol. The van der Waals surface area contributed by atoms with Crippen LogP contribution in [0.25, 0.3) is 21.3 Å². The number of aryl methyl sites for hydroxylation is 2. The second-order valence-electron chi connectivity index (χ2n) is 5.43. The molecule has 1 aromatic heterocycles. The van der Waals surface area contributed by atoms with Crippen molar-refractivity contribution in [2.75, 3.05) is 6.61 Å². The summed E-state index contributed by atoms with van der Waals surface area (Å²) in [4.78, 5) is 16.8. The van der Waals surface area contributed by atoms with Gasteiger partial charge in [0.15, 0.2) is 0 Å². The molecule has 0 saturated carbocycles. The van der Waals surface area contributed by atoms with Gasteiger partial charge < -0.3 is 4.74 Å². The van der Waals surface area contributed by atoms with Crippen LogP contribution in [-0.4, -0.2) is 17.6 Å². The molecule has 0 atom stereocenters. The van der Waals surface area contributed by atoms with Crippen LogP contribution in [0.5, 0.6) is 0 Å². The Morgan fingerprint density at radius 1 is 1.21 bits per heavy atom. The number of benzene rings is 2. The van der Waals surface area contributed by atoms with Gasteiger partial charge in [-0.25, -0.2) is 18.6 Å². The van der Waals surface area contributed by atoms with Gasteiger partial charge in [0.05, 0.1) is 12.3 Å². The molecule has 3 aromatic rings. The fourth-order valence-corrected chi connectivity index (χ4v) is 3.61. The van der Waals surface area contributed by atoms with Crippen molar-refractivity contribution >= 4 is 28.1 Å².